The molecule has 1 rings (SSSR count). The molecule has 0 saturated heterocycles. The van der Waals surface area contributed by atoms with Crippen LogP contribution in [0, 0.1) is 5.82 Å². The quantitative estimate of drug-likeness (QED) is 0.833. The summed E-state index contributed by atoms with van der Waals surface area (Å²) in [5.74, 6) is 0.133. The molecule has 0 spiro atoms. The molecule has 84 valence electrons. The first-order valence-electron chi connectivity index (χ1n) is 5.36. The zero-order chi connectivity index (χ0) is 11.6. The molecule has 1 aromatic rings. The van der Waals surface area contributed by atoms with E-state index >= 15 is 0 Å². The van der Waals surface area contributed by atoms with Gasteiger partial charge in [0.05, 0.1) is 11.4 Å². The standard InChI is InChI=1S/C12H19FN2/c1-7(2)9-5-10(13)12(8(3)4)15-11(9)6-14/h5,7-8H,6,14H2,1-4H3. The van der Waals surface area contributed by atoms with Gasteiger partial charge in [-0.15, -0.1) is 0 Å². The minimum Gasteiger partial charge on any atom is -0.325 e. The summed E-state index contributed by atoms with van der Waals surface area (Å²) in [7, 11) is 0. The van der Waals surface area contributed by atoms with E-state index in [1.165, 1.54) is 0 Å². The van der Waals surface area contributed by atoms with Crippen LogP contribution in [0.4, 0.5) is 4.39 Å². The fourth-order valence-electron chi connectivity index (χ4n) is 1.63. The van der Waals surface area contributed by atoms with E-state index in [1.807, 2.05) is 27.7 Å². The lowest BCUT2D eigenvalue weighted by molar-refractivity contribution is 0.574. The molecule has 0 unspecified atom stereocenters. The summed E-state index contributed by atoms with van der Waals surface area (Å²) in [6, 6.07) is 1.58. The number of nitrogens with two attached hydrogens (primary N) is 1. The predicted octanol–water partition coefficient (Wildman–Crippen LogP) is 2.93. The average molecular weight is 210 g/mol. The molecule has 0 radical (unpaired) electrons. The van der Waals surface area contributed by atoms with Gasteiger partial charge in [0.2, 0.25) is 0 Å². The van der Waals surface area contributed by atoms with Crippen LogP contribution in [0.1, 0.15) is 56.5 Å². The van der Waals surface area contributed by atoms with E-state index in [2.05, 4.69) is 4.98 Å². The van der Waals surface area contributed by atoms with Crippen molar-refractivity contribution < 1.29 is 4.39 Å². The zero-order valence-electron chi connectivity index (χ0n) is 9.84. The Morgan fingerprint density at radius 1 is 1.27 bits per heavy atom. The van der Waals surface area contributed by atoms with Crippen molar-refractivity contribution >= 4 is 0 Å². The minimum atomic E-state index is -0.217. The first-order valence-corrected chi connectivity index (χ1v) is 5.36. The van der Waals surface area contributed by atoms with Crippen molar-refractivity contribution in [1.29, 1.82) is 0 Å². The Labute approximate surface area is 90.7 Å². The highest BCUT2D eigenvalue weighted by atomic mass is 19.1. The normalized spacial score (nSPS) is 11.5. The molecule has 2 N–H and O–H groups in total. The fraction of sp³-hybridized carbons (Fsp3) is 0.583. The van der Waals surface area contributed by atoms with Crippen molar-refractivity contribution in [2.45, 2.75) is 46.1 Å². The van der Waals surface area contributed by atoms with Crippen molar-refractivity contribution in [3.63, 3.8) is 0 Å². The van der Waals surface area contributed by atoms with Gasteiger partial charge in [-0.3, -0.25) is 4.98 Å². The second-order valence-electron chi connectivity index (χ2n) is 4.40. The van der Waals surface area contributed by atoms with Crippen LogP contribution in [-0.4, -0.2) is 4.98 Å². The van der Waals surface area contributed by atoms with Crippen LogP contribution in [0.25, 0.3) is 0 Å². The van der Waals surface area contributed by atoms with Crippen LogP contribution >= 0.6 is 0 Å². The largest absolute Gasteiger partial charge is 0.325 e. The van der Waals surface area contributed by atoms with E-state index < -0.39 is 0 Å². The van der Waals surface area contributed by atoms with Crippen LogP contribution in [0.2, 0.25) is 0 Å². The zero-order valence-corrected chi connectivity index (χ0v) is 9.84. The molecular formula is C12H19FN2. The summed E-state index contributed by atoms with van der Waals surface area (Å²) >= 11 is 0. The molecule has 2 nitrogen and oxygen atoms in total. The topological polar surface area (TPSA) is 38.9 Å². The van der Waals surface area contributed by atoms with Crippen molar-refractivity contribution in [2.75, 3.05) is 0 Å². The van der Waals surface area contributed by atoms with Gasteiger partial charge in [0.25, 0.3) is 0 Å². The Bertz CT molecular complexity index is 346. The molecule has 3 heteroatoms. The fourth-order valence-corrected chi connectivity index (χ4v) is 1.63. The van der Waals surface area contributed by atoms with E-state index in [0.717, 1.165) is 11.3 Å². The monoisotopic (exact) mass is 210 g/mol. The number of nitrogens with zero attached hydrogens (tertiary/aromatic N) is 1. The van der Waals surface area contributed by atoms with Crippen LogP contribution in [0.3, 0.4) is 0 Å². The maximum Gasteiger partial charge on any atom is 0.145 e. The Morgan fingerprint density at radius 3 is 2.27 bits per heavy atom. The van der Waals surface area contributed by atoms with Gasteiger partial charge in [-0.05, 0) is 23.5 Å². The molecule has 0 aliphatic heterocycles. The molecule has 0 aliphatic rings. The maximum absolute atomic E-state index is 13.7. The molecule has 0 aliphatic carbocycles. The molecule has 15 heavy (non-hydrogen) atoms. The molecule has 1 heterocycles. The SMILES string of the molecule is CC(C)c1cc(F)c(C(C)C)nc1CN. The van der Waals surface area contributed by atoms with Crippen LogP contribution in [-0.2, 0) is 6.54 Å². The Kier molecular flexibility index (Phi) is 3.80. The third kappa shape index (κ3) is 2.53. The molecule has 1 aromatic heterocycles. The van der Waals surface area contributed by atoms with Gasteiger partial charge < -0.3 is 5.73 Å². The smallest absolute Gasteiger partial charge is 0.145 e. The molecule has 0 saturated carbocycles. The third-order valence-electron chi connectivity index (χ3n) is 2.48. The van der Waals surface area contributed by atoms with E-state index in [1.54, 1.807) is 6.07 Å². The second kappa shape index (κ2) is 4.71. The molecule has 0 amide bonds. The van der Waals surface area contributed by atoms with Gasteiger partial charge in [-0.1, -0.05) is 27.7 Å². The lowest BCUT2D eigenvalue weighted by Crippen LogP contribution is -2.10. The minimum absolute atomic E-state index is 0.0940. The van der Waals surface area contributed by atoms with Gasteiger partial charge in [0.1, 0.15) is 5.82 Å². The number of hydrogen-bond donors (Lipinski definition) is 1. The Morgan fingerprint density at radius 2 is 1.87 bits per heavy atom. The van der Waals surface area contributed by atoms with Gasteiger partial charge in [0.15, 0.2) is 0 Å². The van der Waals surface area contributed by atoms with Crippen molar-refractivity contribution in [2.24, 2.45) is 5.73 Å². The summed E-state index contributed by atoms with van der Waals surface area (Å²) in [6.45, 7) is 8.27. The molecule has 0 aromatic carbocycles. The highest BCUT2D eigenvalue weighted by molar-refractivity contribution is 5.28. The Hall–Kier alpha value is -0.960. The number of halogens is 1. The molecular weight excluding hydrogens is 191 g/mol. The highest BCUT2D eigenvalue weighted by Gasteiger charge is 2.15. The summed E-state index contributed by atoms with van der Waals surface area (Å²) in [5.41, 5.74) is 7.87. The highest BCUT2D eigenvalue weighted by Crippen LogP contribution is 2.23. The number of rotatable bonds is 3. The number of aromatic nitrogens is 1. The van der Waals surface area contributed by atoms with Crippen LogP contribution in [0.5, 0.6) is 0 Å². The van der Waals surface area contributed by atoms with E-state index in [4.69, 9.17) is 5.73 Å². The maximum atomic E-state index is 13.7. The van der Waals surface area contributed by atoms with Crippen molar-refractivity contribution in [1.82, 2.24) is 4.98 Å². The summed E-state index contributed by atoms with van der Waals surface area (Å²) in [4.78, 5) is 4.31. The van der Waals surface area contributed by atoms with E-state index in [-0.39, 0.29) is 17.7 Å². The van der Waals surface area contributed by atoms with Crippen molar-refractivity contribution in [3.8, 4) is 0 Å². The van der Waals surface area contributed by atoms with E-state index in [0.29, 0.717) is 12.2 Å². The average Bonchev–Trinajstić information content (AvgIpc) is 2.16. The predicted molar refractivity (Wildman–Crippen MR) is 60.3 cm³/mol. The van der Waals surface area contributed by atoms with Gasteiger partial charge in [-0.2, -0.15) is 0 Å². The van der Waals surface area contributed by atoms with Crippen molar-refractivity contribution in [3.05, 3.63) is 28.8 Å². The lowest BCUT2D eigenvalue weighted by atomic mass is 9.98. The first kappa shape index (κ1) is 12.1. The summed E-state index contributed by atoms with van der Waals surface area (Å²) in [5, 5.41) is 0. The third-order valence-corrected chi connectivity index (χ3v) is 2.48. The molecule has 0 atom stereocenters. The van der Waals surface area contributed by atoms with Gasteiger partial charge in [-0.25, -0.2) is 4.39 Å². The number of hydrogen-bond acceptors (Lipinski definition) is 2. The van der Waals surface area contributed by atoms with Crippen LogP contribution in [0.15, 0.2) is 6.07 Å². The first-order chi connectivity index (χ1) is 6.97. The number of pyridine rings is 1. The van der Waals surface area contributed by atoms with E-state index in [9.17, 15) is 4.39 Å². The molecule has 0 fully saturated rings. The van der Waals surface area contributed by atoms with Gasteiger partial charge in [0, 0.05) is 6.54 Å². The van der Waals surface area contributed by atoms with Gasteiger partial charge >= 0.3 is 0 Å². The van der Waals surface area contributed by atoms with Crippen LogP contribution < -0.4 is 5.73 Å². The second-order valence-corrected chi connectivity index (χ2v) is 4.40. The summed E-state index contributed by atoms with van der Waals surface area (Å²) in [6.07, 6.45) is 0. The molecule has 0 bridgehead atoms. The summed E-state index contributed by atoms with van der Waals surface area (Å²) < 4.78 is 13.7. The lowest BCUT2D eigenvalue weighted by Gasteiger charge is -2.14. The Balaban J connectivity index is 3.29.